The number of rotatable bonds is 8. The van der Waals surface area contributed by atoms with Gasteiger partial charge in [0, 0.05) is 41.4 Å². The molecule has 2 aliphatic heterocycles. The molecule has 3 aromatic rings. The van der Waals surface area contributed by atoms with Crippen LogP contribution in [0.5, 0.6) is 11.5 Å². The number of carbonyl (C=O) groups excluding carboxylic acids is 3. The Kier molecular flexibility index (Phi) is 6.87. The number of aldehydes is 1. The molecule has 0 aliphatic carbocycles. The highest BCUT2D eigenvalue weighted by molar-refractivity contribution is 6.02. The Bertz CT molecular complexity index is 1430. The molecule has 1 spiro atoms. The van der Waals surface area contributed by atoms with E-state index in [1.165, 1.54) is 0 Å². The van der Waals surface area contributed by atoms with Crippen molar-refractivity contribution in [2.45, 2.75) is 25.0 Å². The van der Waals surface area contributed by atoms with Gasteiger partial charge in [0.2, 0.25) is 0 Å². The Balaban J connectivity index is 1.45. The summed E-state index contributed by atoms with van der Waals surface area (Å²) in [6.45, 7) is 1.33. The van der Waals surface area contributed by atoms with Gasteiger partial charge in [-0.2, -0.15) is 0 Å². The van der Waals surface area contributed by atoms with Gasteiger partial charge in [-0.3, -0.25) is 14.4 Å². The van der Waals surface area contributed by atoms with Crippen molar-refractivity contribution in [3.63, 3.8) is 0 Å². The third kappa shape index (κ3) is 4.38. The summed E-state index contributed by atoms with van der Waals surface area (Å²) >= 11 is 0. The van der Waals surface area contributed by atoms with Crippen LogP contribution in [0.25, 0.3) is 0 Å². The lowest BCUT2D eigenvalue weighted by molar-refractivity contribution is 0.0588. The van der Waals surface area contributed by atoms with E-state index >= 15 is 0 Å². The summed E-state index contributed by atoms with van der Waals surface area (Å²) in [6, 6.07) is 18.0. The minimum Gasteiger partial charge on any atom is -0.497 e. The first-order valence-electron chi connectivity index (χ1n) is 12.4. The molecule has 0 aromatic heterocycles. The van der Waals surface area contributed by atoms with Gasteiger partial charge in [-0.15, -0.1) is 0 Å². The standard InChI is InChI=1S/C30H29N3O5/c1-37-23-9-8-21(27(16-23)38-2)18-33-29(36)25-10-7-20(15-26(25)30(33)11-13-31-14-12-30)17-32-28(35)24-6-4-3-5-22(24)19-34/h3-11,13,15-16,19,31H,12,14,17-18H2,1-2H3,(H,32,35). The van der Waals surface area contributed by atoms with Gasteiger partial charge in [-0.1, -0.05) is 30.3 Å². The fourth-order valence-electron chi connectivity index (χ4n) is 5.24. The quantitative estimate of drug-likeness (QED) is 0.447. The number of nitrogens with one attached hydrogen (secondary N) is 2. The van der Waals surface area contributed by atoms with E-state index in [-0.39, 0.29) is 18.4 Å². The molecule has 0 saturated heterocycles. The summed E-state index contributed by atoms with van der Waals surface area (Å²) in [4.78, 5) is 39.7. The Labute approximate surface area is 221 Å². The molecule has 8 heteroatoms. The van der Waals surface area contributed by atoms with Gasteiger partial charge in [0.05, 0.1) is 26.3 Å². The summed E-state index contributed by atoms with van der Waals surface area (Å²) in [5.74, 6) is 0.953. The summed E-state index contributed by atoms with van der Waals surface area (Å²) in [6.07, 6.45) is 5.31. The third-order valence-corrected chi connectivity index (χ3v) is 7.24. The van der Waals surface area contributed by atoms with Crippen molar-refractivity contribution in [2.75, 3.05) is 20.8 Å². The topological polar surface area (TPSA) is 97.0 Å². The zero-order valence-corrected chi connectivity index (χ0v) is 21.3. The Morgan fingerprint density at radius 2 is 1.95 bits per heavy atom. The van der Waals surface area contributed by atoms with E-state index < -0.39 is 5.54 Å². The average Bonchev–Trinajstić information content (AvgIpc) is 3.18. The predicted molar refractivity (Wildman–Crippen MR) is 142 cm³/mol. The maximum Gasteiger partial charge on any atom is 0.255 e. The molecule has 38 heavy (non-hydrogen) atoms. The second kappa shape index (κ2) is 10.4. The summed E-state index contributed by atoms with van der Waals surface area (Å²) in [5, 5.41) is 6.15. The second-order valence-corrected chi connectivity index (χ2v) is 9.30. The number of fused-ring (bicyclic) bond motifs is 2. The molecule has 2 N–H and O–H groups in total. The minimum atomic E-state index is -0.632. The van der Waals surface area contributed by atoms with Crippen molar-refractivity contribution in [1.29, 1.82) is 0 Å². The minimum absolute atomic E-state index is 0.0556. The summed E-state index contributed by atoms with van der Waals surface area (Å²) in [5.41, 5.74) is 3.33. The van der Waals surface area contributed by atoms with E-state index in [2.05, 4.69) is 10.6 Å². The first-order chi connectivity index (χ1) is 18.5. The maximum atomic E-state index is 13.7. The maximum absolute atomic E-state index is 13.7. The molecule has 2 heterocycles. The zero-order chi connectivity index (χ0) is 26.7. The molecule has 0 bridgehead atoms. The van der Waals surface area contributed by atoms with Crippen molar-refractivity contribution in [3.8, 4) is 11.5 Å². The third-order valence-electron chi connectivity index (χ3n) is 7.24. The lowest BCUT2D eigenvalue weighted by Gasteiger charge is -2.39. The normalized spacial score (nSPS) is 17.6. The van der Waals surface area contributed by atoms with Crippen LogP contribution in [0.4, 0.5) is 0 Å². The molecule has 1 unspecified atom stereocenters. The molecule has 2 amide bonds. The van der Waals surface area contributed by atoms with Gasteiger partial charge in [0.1, 0.15) is 11.5 Å². The van der Waals surface area contributed by atoms with Crippen LogP contribution in [-0.2, 0) is 18.6 Å². The van der Waals surface area contributed by atoms with E-state index in [9.17, 15) is 14.4 Å². The monoisotopic (exact) mass is 511 g/mol. The van der Waals surface area contributed by atoms with Crippen molar-refractivity contribution >= 4 is 18.1 Å². The number of ether oxygens (including phenoxy) is 2. The smallest absolute Gasteiger partial charge is 0.255 e. The summed E-state index contributed by atoms with van der Waals surface area (Å²) < 4.78 is 10.9. The number of methoxy groups -OCH3 is 2. The number of hydrogen-bond donors (Lipinski definition) is 2. The molecule has 0 saturated carbocycles. The molecule has 2 aliphatic rings. The highest BCUT2D eigenvalue weighted by atomic mass is 16.5. The molecule has 8 nitrogen and oxygen atoms in total. The van der Waals surface area contributed by atoms with Crippen LogP contribution in [0.15, 0.2) is 72.9 Å². The van der Waals surface area contributed by atoms with Crippen LogP contribution in [0.3, 0.4) is 0 Å². The van der Waals surface area contributed by atoms with E-state index in [4.69, 9.17) is 9.47 Å². The largest absolute Gasteiger partial charge is 0.497 e. The first kappa shape index (κ1) is 25.1. The molecule has 3 aromatic carbocycles. The molecule has 5 rings (SSSR count). The van der Waals surface area contributed by atoms with Crippen LogP contribution in [-0.4, -0.2) is 43.8 Å². The molecular weight excluding hydrogens is 482 g/mol. The van der Waals surface area contributed by atoms with Crippen LogP contribution in [0, 0.1) is 0 Å². The van der Waals surface area contributed by atoms with Crippen molar-refractivity contribution < 1.29 is 23.9 Å². The zero-order valence-electron chi connectivity index (χ0n) is 21.3. The molecule has 194 valence electrons. The van der Waals surface area contributed by atoms with Crippen molar-refractivity contribution in [1.82, 2.24) is 15.5 Å². The van der Waals surface area contributed by atoms with Crippen LogP contribution < -0.4 is 20.1 Å². The Morgan fingerprint density at radius 3 is 2.68 bits per heavy atom. The highest BCUT2D eigenvalue weighted by Crippen LogP contribution is 2.45. The summed E-state index contributed by atoms with van der Waals surface area (Å²) in [7, 11) is 3.21. The number of hydrogen-bond acceptors (Lipinski definition) is 6. The van der Waals surface area contributed by atoms with Gasteiger partial charge in [0.15, 0.2) is 6.29 Å². The van der Waals surface area contributed by atoms with Gasteiger partial charge in [0.25, 0.3) is 11.8 Å². The SMILES string of the molecule is COc1ccc(CN2C(=O)c3ccc(CNC(=O)c4ccccc4C=O)cc3C23C=CNCC3)c(OC)c1. The van der Waals surface area contributed by atoms with E-state index in [1.54, 1.807) is 38.5 Å². The van der Waals surface area contributed by atoms with Gasteiger partial charge in [-0.05, 0) is 54.1 Å². The number of nitrogens with zero attached hydrogens (tertiary/aromatic N) is 1. The molecule has 0 radical (unpaired) electrons. The Morgan fingerprint density at radius 1 is 1.11 bits per heavy atom. The fourth-order valence-corrected chi connectivity index (χ4v) is 5.24. The molecular formula is C30H29N3O5. The van der Waals surface area contributed by atoms with E-state index in [0.29, 0.717) is 54.0 Å². The number of carbonyl (C=O) groups is 3. The lowest BCUT2D eigenvalue weighted by Crippen LogP contribution is -2.45. The van der Waals surface area contributed by atoms with Crippen LogP contribution >= 0.6 is 0 Å². The van der Waals surface area contributed by atoms with Crippen LogP contribution in [0.2, 0.25) is 0 Å². The van der Waals surface area contributed by atoms with Gasteiger partial charge >= 0.3 is 0 Å². The number of benzene rings is 3. The highest BCUT2D eigenvalue weighted by Gasteiger charge is 2.48. The Hall–Kier alpha value is -4.59. The molecule has 1 atom stereocenters. The first-order valence-corrected chi connectivity index (χ1v) is 12.4. The van der Waals surface area contributed by atoms with E-state index in [1.807, 2.05) is 53.6 Å². The van der Waals surface area contributed by atoms with Crippen molar-refractivity contribution in [2.24, 2.45) is 0 Å². The predicted octanol–water partition coefficient (Wildman–Crippen LogP) is 3.80. The molecule has 0 fully saturated rings. The van der Waals surface area contributed by atoms with E-state index in [0.717, 1.165) is 16.7 Å². The fraction of sp³-hybridized carbons (Fsp3) is 0.233. The lowest BCUT2D eigenvalue weighted by atomic mass is 9.83. The van der Waals surface area contributed by atoms with Crippen molar-refractivity contribution in [3.05, 3.63) is 106 Å². The van der Waals surface area contributed by atoms with Crippen LogP contribution in [0.1, 0.15) is 54.2 Å². The van der Waals surface area contributed by atoms with Gasteiger partial charge < -0.3 is 25.0 Å². The van der Waals surface area contributed by atoms with Gasteiger partial charge in [-0.25, -0.2) is 0 Å². The second-order valence-electron chi connectivity index (χ2n) is 9.30. The average molecular weight is 512 g/mol. The number of amides is 2.